The Kier molecular flexibility index (Phi) is 9.50. The minimum atomic E-state index is -0.813. The van der Waals surface area contributed by atoms with Gasteiger partial charge in [-0.15, -0.1) is 0 Å². The van der Waals surface area contributed by atoms with Gasteiger partial charge in [-0.3, -0.25) is 9.59 Å². The number of hydrogen-bond donors (Lipinski definition) is 3. The average molecular weight is 467 g/mol. The number of nitrogens with one attached hydrogen (secondary N) is 2. The summed E-state index contributed by atoms with van der Waals surface area (Å²) in [6, 6.07) is 16.5. The van der Waals surface area contributed by atoms with E-state index in [1.807, 2.05) is 24.3 Å². The van der Waals surface area contributed by atoms with Gasteiger partial charge in [-0.25, -0.2) is 4.79 Å². The molecule has 182 valence electrons. The molecule has 7 nitrogen and oxygen atoms in total. The maximum Gasteiger partial charge on any atom is 0.407 e. The average Bonchev–Trinajstić information content (AvgIpc) is 3.15. The van der Waals surface area contributed by atoms with Crippen LogP contribution in [0.5, 0.6) is 0 Å². The van der Waals surface area contributed by atoms with Crippen molar-refractivity contribution in [2.24, 2.45) is 5.92 Å². The SMILES string of the molecule is CC(CCNC(=O)OCC1c2ccccc2-c2ccccc21)CCC(=O)NCCCCC(=O)O. The van der Waals surface area contributed by atoms with E-state index in [4.69, 9.17) is 9.84 Å². The van der Waals surface area contributed by atoms with Gasteiger partial charge in [-0.1, -0.05) is 55.5 Å². The highest BCUT2D eigenvalue weighted by atomic mass is 16.5. The number of carbonyl (C=O) groups excluding carboxylic acids is 2. The lowest BCUT2D eigenvalue weighted by Gasteiger charge is -2.15. The molecule has 34 heavy (non-hydrogen) atoms. The highest BCUT2D eigenvalue weighted by molar-refractivity contribution is 5.79. The molecule has 2 aromatic rings. The predicted octanol–water partition coefficient (Wildman–Crippen LogP) is 4.70. The molecule has 1 unspecified atom stereocenters. The van der Waals surface area contributed by atoms with Crippen molar-refractivity contribution in [3.8, 4) is 11.1 Å². The molecule has 3 rings (SSSR count). The third kappa shape index (κ3) is 7.33. The summed E-state index contributed by atoms with van der Waals surface area (Å²) in [7, 11) is 0. The van der Waals surface area contributed by atoms with Gasteiger partial charge >= 0.3 is 12.1 Å². The van der Waals surface area contributed by atoms with Gasteiger partial charge in [-0.2, -0.15) is 0 Å². The lowest BCUT2D eigenvalue weighted by atomic mass is 9.98. The zero-order valence-corrected chi connectivity index (χ0v) is 19.7. The summed E-state index contributed by atoms with van der Waals surface area (Å²) in [5.41, 5.74) is 4.77. The Hall–Kier alpha value is -3.35. The second-order valence-electron chi connectivity index (χ2n) is 8.89. The number of rotatable bonds is 13. The maximum atomic E-state index is 12.3. The van der Waals surface area contributed by atoms with Crippen molar-refractivity contribution in [1.82, 2.24) is 10.6 Å². The van der Waals surface area contributed by atoms with Crippen molar-refractivity contribution in [3.63, 3.8) is 0 Å². The first-order valence-electron chi connectivity index (χ1n) is 12.0. The summed E-state index contributed by atoms with van der Waals surface area (Å²) in [6.45, 7) is 3.35. The minimum absolute atomic E-state index is 0.0216. The summed E-state index contributed by atoms with van der Waals surface area (Å²) < 4.78 is 5.55. The smallest absolute Gasteiger partial charge is 0.407 e. The zero-order valence-electron chi connectivity index (χ0n) is 19.7. The lowest BCUT2D eigenvalue weighted by molar-refractivity contribution is -0.137. The molecule has 1 atom stereocenters. The number of fused-ring (bicyclic) bond motifs is 3. The van der Waals surface area contributed by atoms with Gasteiger partial charge in [0.05, 0.1) is 0 Å². The van der Waals surface area contributed by atoms with E-state index in [1.165, 1.54) is 22.3 Å². The van der Waals surface area contributed by atoms with E-state index in [9.17, 15) is 14.4 Å². The Balaban J connectivity index is 1.31. The molecular weight excluding hydrogens is 432 g/mol. The first-order valence-corrected chi connectivity index (χ1v) is 12.0. The number of amides is 2. The largest absolute Gasteiger partial charge is 0.481 e. The molecule has 1 aliphatic carbocycles. The molecule has 0 heterocycles. The summed E-state index contributed by atoms with van der Waals surface area (Å²) in [4.78, 5) is 34.6. The molecule has 0 radical (unpaired) electrons. The Labute approximate surface area is 200 Å². The first-order chi connectivity index (χ1) is 16.5. The monoisotopic (exact) mass is 466 g/mol. The van der Waals surface area contributed by atoms with Gasteiger partial charge in [-0.05, 0) is 53.9 Å². The van der Waals surface area contributed by atoms with Crippen molar-refractivity contribution >= 4 is 18.0 Å². The van der Waals surface area contributed by atoms with Gasteiger partial charge in [0.15, 0.2) is 0 Å². The minimum Gasteiger partial charge on any atom is -0.481 e. The number of ether oxygens (including phenoxy) is 1. The molecule has 0 aromatic heterocycles. The van der Waals surface area contributed by atoms with Gasteiger partial charge in [0.1, 0.15) is 6.61 Å². The fraction of sp³-hybridized carbons (Fsp3) is 0.444. The standard InChI is InChI=1S/C27H34N2O5/c1-19(13-14-25(30)28-16-7-6-12-26(31)32)15-17-29-27(33)34-18-24-22-10-4-2-8-20(22)21-9-3-5-11-23(21)24/h2-5,8-11,19,24H,6-7,12-18H2,1H3,(H,28,30)(H,29,33)(H,31,32). The molecule has 0 fully saturated rings. The second-order valence-corrected chi connectivity index (χ2v) is 8.89. The van der Waals surface area contributed by atoms with Crippen molar-refractivity contribution in [2.75, 3.05) is 19.7 Å². The van der Waals surface area contributed by atoms with Crippen LogP contribution < -0.4 is 10.6 Å². The van der Waals surface area contributed by atoms with E-state index in [2.05, 4.69) is 41.8 Å². The Morgan fingerprint density at radius 1 is 0.882 bits per heavy atom. The van der Waals surface area contributed by atoms with E-state index in [0.29, 0.717) is 39.0 Å². The molecule has 0 aliphatic heterocycles. The Bertz CT molecular complexity index is 945. The molecule has 0 saturated carbocycles. The van der Waals surface area contributed by atoms with Crippen LogP contribution >= 0.6 is 0 Å². The molecule has 7 heteroatoms. The summed E-state index contributed by atoms with van der Waals surface area (Å²) in [6.07, 6.45) is 2.84. The molecule has 2 amide bonds. The second kappa shape index (κ2) is 12.8. The quantitative estimate of drug-likeness (QED) is 0.371. The molecule has 1 aliphatic rings. The fourth-order valence-electron chi connectivity index (χ4n) is 4.31. The van der Waals surface area contributed by atoms with Crippen LogP contribution in [0.2, 0.25) is 0 Å². The van der Waals surface area contributed by atoms with E-state index >= 15 is 0 Å². The van der Waals surface area contributed by atoms with E-state index in [-0.39, 0.29) is 24.2 Å². The zero-order chi connectivity index (χ0) is 24.3. The van der Waals surface area contributed by atoms with E-state index in [1.54, 1.807) is 0 Å². The third-order valence-electron chi connectivity index (χ3n) is 6.25. The number of carboxylic acids is 1. The number of benzene rings is 2. The third-order valence-corrected chi connectivity index (χ3v) is 6.25. The van der Waals surface area contributed by atoms with Crippen molar-refractivity contribution in [3.05, 3.63) is 59.7 Å². The number of hydrogen-bond acceptors (Lipinski definition) is 4. The molecule has 2 aromatic carbocycles. The normalized spacial score (nSPS) is 13.0. The van der Waals surface area contributed by atoms with Gasteiger partial charge in [0, 0.05) is 31.8 Å². The van der Waals surface area contributed by atoms with Gasteiger partial charge < -0.3 is 20.5 Å². The van der Waals surface area contributed by atoms with Crippen molar-refractivity contribution in [2.45, 2.75) is 51.4 Å². The molecular formula is C27H34N2O5. The number of carboxylic acid groups (broad SMARTS) is 1. The lowest BCUT2D eigenvalue weighted by Crippen LogP contribution is -2.28. The van der Waals surface area contributed by atoms with Crippen LogP contribution in [-0.4, -0.2) is 42.8 Å². The van der Waals surface area contributed by atoms with Crippen molar-refractivity contribution < 1.29 is 24.2 Å². The maximum absolute atomic E-state index is 12.3. The summed E-state index contributed by atoms with van der Waals surface area (Å²) >= 11 is 0. The van der Waals surface area contributed by atoms with Crippen LogP contribution in [0.1, 0.15) is 62.5 Å². The fourth-order valence-corrected chi connectivity index (χ4v) is 4.31. The van der Waals surface area contributed by atoms with Crippen LogP contribution in [0.25, 0.3) is 11.1 Å². The van der Waals surface area contributed by atoms with E-state index in [0.717, 1.165) is 12.8 Å². The number of alkyl carbamates (subject to hydrolysis) is 1. The number of aliphatic carboxylic acids is 1. The molecule has 0 saturated heterocycles. The molecule has 0 spiro atoms. The van der Waals surface area contributed by atoms with E-state index < -0.39 is 12.1 Å². The number of carbonyl (C=O) groups is 3. The highest BCUT2D eigenvalue weighted by Gasteiger charge is 2.28. The predicted molar refractivity (Wildman–Crippen MR) is 131 cm³/mol. The van der Waals surface area contributed by atoms with Crippen LogP contribution in [0, 0.1) is 5.92 Å². The topological polar surface area (TPSA) is 105 Å². The van der Waals surface area contributed by atoms with Crippen LogP contribution in [0.3, 0.4) is 0 Å². The highest BCUT2D eigenvalue weighted by Crippen LogP contribution is 2.44. The first kappa shape index (κ1) is 25.3. The Morgan fingerprint density at radius 2 is 1.53 bits per heavy atom. The van der Waals surface area contributed by atoms with Crippen LogP contribution in [-0.2, 0) is 14.3 Å². The van der Waals surface area contributed by atoms with Crippen LogP contribution in [0.4, 0.5) is 4.79 Å². The molecule has 0 bridgehead atoms. The summed E-state index contributed by atoms with van der Waals surface area (Å²) in [5.74, 6) is -0.509. The van der Waals surface area contributed by atoms with Gasteiger partial charge in [0.25, 0.3) is 0 Å². The van der Waals surface area contributed by atoms with Gasteiger partial charge in [0.2, 0.25) is 5.91 Å². The van der Waals surface area contributed by atoms with Crippen LogP contribution in [0.15, 0.2) is 48.5 Å². The molecule has 3 N–H and O–H groups in total. The number of unbranched alkanes of at least 4 members (excludes halogenated alkanes) is 1. The summed E-state index contributed by atoms with van der Waals surface area (Å²) in [5, 5.41) is 14.2. The Morgan fingerprint density at radius 3 is 2.18 bits per heavy atom. The van der Waals surface area contributed by atoms with Crippen molar-refractivity contribution in [1.29, 1.82) is 0 Å².